The highest BCUT2D eigenvalue weighted by atomic mass is 35.5. The second kappa shape index (κ2) is 5.60. The van der Waals surface area contributed by atoms with E-state index >= 15 is 0 Å². The molecule has 1 heterocycles. The second-order valence-corrected chi connectivity index (χ2v) is 7.13. The van der Waals surface area contributed by atoms with E-state index in [0.29, 0.717) is 23.8 Å². The van der Waals surface area contributed by atoms with Crippen LogP contribution in [-0.4, -0.2) is 32.4 Å². The fourth-order valence-electron chi connectivity index (χ4n) is 2.08. The van der Waals surface area contributed by atoms with Gasteiger partial charge < -0.3 is 4.74 Å². The average Bonchev–Trinajstić information content (AvgIpc) is 2.84. The van der Waals surface area contributed by atoms with Crippen LogP contribution in [0.3, 0.4) is 0 Å². The van der Waals surface area contributed by atoms with Crippen molar-refractivity contribution >= 4 is 21.6 Å². The van der Waals surface area contributed by atoms with Crippen LogP contribution in [0.2, 0.25) is 5.02 Å². The Labute approximate surface area is 123 Å². The van der Waals surface area contributed by atoms with Crippen molar-refractivity contribution in [3.63, 3.8) is 0 Å². The molecular weight excluding hydrogens is 300 g/mol. The first kappa shape index (κ1) is 15.1. The van der Waals surface area contributed by atoms with Gasteiger partial charge in [-0.1, -0.05) is 11.6 Å². The molecule has 0 aliphatic carbocycles. The molecule has 0 amide bonds. The van der Waals surface area contributed by atoms with Gasteiger partial charge in [0, 0.05) is 30.1 Å². The van der Waals surface area contributed by atoms with E-state index in [1.165, 1.54) is 17.4 Å². The normalized spacial score (nSPS) is 15.6. The molecule has 2 rings (SSSR count). The van der Waals surface area contributed by atoms with E-state index in [4.69, 9.17) is 21.6 Å². The molecule has 0 aromatic heterocycles. The molecule has 0 fully saturated rings. The number of fused-ring (bicyclic) bond motifs is 1. The Bertz CT molecular complexity index is 667. The summed E-state index contributed by atoms with van der Waals surface area (Å²) >= 11 is 5.99. The molecule has 1 aliphatic rings. The summed E-state index contributed by atoms with van der Waals surface area (Å²) < 4.78 is 31.9. The van der Waals surface area contributed by atoms with Crippen LogP contribution in [-0.2, 0) is 16.4 Å². The van der Waals surface area contributed by atoms with E-state index in [0.717, 1.165) is 5.56 Å². The predicted octanol–water partition coefficient (Wildman–Crippen LogP) is 2.20. The minimum absolute atomic E-state index is 0.0739. The Morgan fingerprint density at radius 3 is 2.90 bits per heavy atom. The third-order valence-corrected chi connectivity index (χ3v) is 5.57. The largest absolute Gasteiger partial charge is 0.492 e. The lowest BCUT2D eigenvalue weighted by atomic mass is 10.2. The summed E-state index contributed by atoms with van der Waals surface area (Å²) in [4.78, 5) is 0.0739. The van der Waals surface area contributed by atoms with E-state index in [2.05, 4.69) is 0 Å². The third-order valence-electron chi connectivity index (χ3n) is 3.38. The lowest BCUT2D eigenvalue weighted by Gasteiger charge is -2.23. The molecule has 0 bridgehead atoms. The Kier molecular flexibility index (Phi) is 4.23. The van der Waals surface area contributed by atoms with Crippen molar-refractivity contribution in [2.75, 3.05) is 13.7 Å². The minimum atomic E-state index is -3.74. The molecule has 5 nitrogen and oxygen atoms in total. The first-order valence-electron chi connectivity index (χ1n) is 6.18. The zero-order valence-corrected chi connectivity index (χ0v) is 12.8. The van der Waals surface area contributed by atoms with E-state index in [1.807, 2.05) is 6.07 Å². The number of rotatable bonds is 4. The van der Waals surface area contributed by atoms with Gasteiger partial charge in [-0.3, -0.25) is 0 Å². The average molecular weight is 315 g/mol. The zero-order valence-electron chi connectivity index (χ0n) is 11.3. The quantitative estimate of drug-likeness (QED) is 0.854. The van der Waals surface area contributed by atoms with Crippen LogP contribution in [0.25, 0.3) is 0 Å². The molecule has 1 aromatic rings. The summed E-state index contributed by atoms with van der Waals surface area (Å²) in [6.07, 6.45) is 0.773. The van der Waals surface area contributed by atoms with Crippen LogP contribution < -0.4 is 4.74 Å². The Balaban J connectivity index is 2.48. The molecule has 1 atom stereocenters. The fraction of sp³-hybridized carbons (Fsp3) is 0.462. The number of sulfonamides is 1. The molecule has 0 unspecified atom stereocenters. The Hall–Kier alpha value is -1.29. The molecule has 1 aliphatic heterocycles. The number of halogens is 1. The molecule has 108 valence electrons. The lowest BCUT2D eigenvalue weighted by molar-refractivity contribution is 0.344. The summed E-state index contributed by atoms with van der Waals surface area (Å²) in [5.41, 5.74) is 0.803. The van der Waals surface area contributed by atoms with Gasteiger partial charge in [0.1, 0.15) is 10.6 Å². The van der Waals surface area contributed by atoms with Gasteiger partial charge in [0.05, 0.1) is 19.1 Å². The smallest absolute Gasteiger partial charge is 0.246 e. The van der Waals surface area contributed by atoms with Crippen molar-refractivity contribution in [2.24, 2.45) is 0 Å². The van der Waals surface area contributed by atoms with Crippen molar-refractivity contribution < 1.29 is 13.2 Å². The van der Waals surface area contributed by atoms with E-state index in [9.17, 15) is 8.42 Å². The van der Waals surface area contributed by atoms with Crippen molar-refractivity contribution in [3.8, 4) is 11.8 Å². The van der Waals surface area contributed by atoms with Crippen molar-refractivity contribution in [3.05, 3.63) is 22.7 Å². The first-order valence-corrected chi connectivity index (χ1v) is 8.00. The van der Waals surface area contributed by atoms with Gasteiger partial charge in [-0.2, -0.15) is 9.57 Å². The highest BCUT2D eigenvalue weighted by molar-refractivity contribution is 7.89. The first-order chi connectivity index (χ1) is 9.37. The maximum Gasteiger partial charge on any atom is 0.246 e. The minimum Gasteiger partial charge on any atom is -0.492 e. The SMILES string of the molecule is C[C@H](CC#N)N(C)S(=O)(=O)c1cc(Cl)cc2c1OCC2. The van der Waals surface area contributed by atoms with Gasteiger partial charge in [0.25, 0.3) is 0 Å². The maximum absolute atomic E-state index is 12.6. The second-order valence-electron chi connectivity index (χ2n) is 4.72. The zero-order chi connectivity index (χ0) is 14.9. The fourth-order valence-corrected chi connectivity index (χ4v) is 3.94. The molecule has 0 N–H and O–H groups in total. The van der Waals surface area contributed by atoms with Gasteiger partial charge in [-0.15, -0.1) is 0 Å². The molecule has 20 heavy (non-hydrogen) atoms. The maximum atomic E-state index is 12.6. The van der Waals surface area contributed by atoms with Crippen molar-refractivity contribution in [1.82, 2.24) is 4.31 Å². The van der Waals surface area contributed by atoms with E-state index in [-0.39, 0.29) is 11.3 Å². The number of ether oxygens (including phenoxy) is 1. The summed E-state index contributed by atoms with van der Waals surface area (Å²) in [6.45, 7) is 2.14. The van der Waals surface area contributed by atoms with Gasteiger partial charge in [-0.25, -0.2) is 8.42 Å². The van der Waals surface area contributed by atoms with Crippen LogP contribution in [0.15, 0.2) is 17.0 Å². The predicted molar refractivity (Wildman–Crippen MR) is 75.3 cm³/mol. The summed E-state index contributed by atoms with van der Waals surface area (Å²) in [6, 6.07) is 4.68. The molecule has 1 aromatic carbocycles. The van der Waals surface area contributed by atoms with Gasteiger partial charge >= 0.3 is 0 Å². The van der Waals surface area contributed by atoms with E-state index in [1.54, 1.807) is 13.0 Å². The van der Waals surface area contributed by atoms with Crippen LogP contribution in [0.4, 0.5) is 0 Å². The highest BCUT2D eigenvalue weighted by Crippen LogP contribution is 2.37. The molecule has 0 saturated carbocycles. The number of nitriles is 1. The molecule has 7 heteroatoms. The van der Waals surface area contributed by atoms with Crippen LogP contribution in [0.5, 0.6) is 5.75 Å². The molecule has 0 radical (unpaired) electrons. The summed E-state index contributed by atoms with van der Waals surface area (Å²) in [5.74, 6) is 0.380. The summed E-state index contributed by atoms with van der Waals surface area (Å²) in [5, 5.41) is 9.07. The van der Waals surface area contributed by atoms with Gasteiger partial charge in [0.15, 0.2) is 0 Å². The monoisotopic (exact) mass is 314 g/mol. The highest BCUT2D eigenvalue weighted by Gasteiger charge is 2.31. The summed E-state index contributed by atoms with van der Waals surface area (Å²) in [7, 11) is -2.28. The number of hydrogen-bond donors (Lipinski definition) is 0. The van der Waals surface area contributed by atoms with Crippen LogP contribution in [0, 0.1) is 11.3 Å². The molecular formula is C13H15ClN2O3S. The van der Waals surface area contributed by atoms with Crippen molar-refractivity contribution in [2.45, 2.75) is 30.7 Å². The van der Waals surface area contributed by atoms with Crippen LogP contribution >= 0.6 is 11.6 Å². The van der Waals surface area contributed by atoms with E-state index < -0.39 is 16.1 Å². The van der Waals surface area contributed by atoms with Crippen LogP contribution in [0.1, 0.15) is 18.9 Å². The van der Waals surface area contributed by atoms with Gasteiger partial charge in [0.2, 0.25) is 10.0 Å². The lowest BCUT2D eigenvalue weighted by Crippen LogP contribution is -2.35. The topological polar surface area (TPSA) is 70.4 Å². The number of benzene rings is 1. The Morgan fingerprint density at radius 2 is 2.25 bits per heavy atom. The standard InChI is InChI=1S/C13H15ClN2O3S/c1-9(3-5-15)16(2)20(17,18)12-8-11(14)7-10-4-6-19-13(10)12/h7-9H,3-4,6H2,1-2H3/t9-/m1/s1. The number of hydrogen-bond acceptors (Lipinski definition) is 4. The van der Waals surface area contributed by atoms with Crippen molar-refractivity contribution in [1.29, 1.82) is 5.26 Å². The van der Waals surface area contributed by atoms with Gasteiger partial charge in [-0.05, 0) is 19.1 Å². The molecule has 0 spiro atoms. The Morgan fingerprint density at radius 1 is 1.55 bits per heavy atom. The number of nitrogens with zero attached hydrogens (tertiary/aromatic N) is 2. The molecule has 0 saturated heterocycles. The third kappa shape index (κ3) is 2.62.